The molecule has 0 heterocycles. The number of hydrogen-bond acceptors (Lipinski definition) is 1. The first-order valence-electron chi connectivity index (χ1n) is 4.37. The van der Waals surface area contributed by atoms with Crippen molar-refractivity contribution >= 4 is 8.32 Å². The normalized spacial score (nSPS) is 12.0. The van der Waals surface area contributed by atoms with Crippen molar-refractivity contribution in [2.45, 2.75) is 44.8 Å². The zero-order chi connectivity index (χ0) is 8.74. The first-order chi connectivity index (χ1) is 5.06. The van der Waals surface area contributed by atoms with Crippen LogP contribution in [-0.2, 0) is 4.80 Å². The molecular weight excluding hydrogens is 156 g/mol. The Balaban J connectivity index is 3.02. The summed E-state index contributed by atoms with van der Waals surface area (Å²) in [7, 11) is -2.03. The molecule has 0 aromatic heterocycles. The number of aliphatic hydroxyl groups is 1. The summed E-state index contributed by atoms with van der Waals surface area (Å²) >= 11 is 0. The van der Waals surface area contributed by atoms with E-state index >= 15 is 0 Å². The third-order valence-corrected chi connectivity index (χ3v) is 3.24. The van der Waals surface area contributed by atoms with Gasteiger partial charge >= 0.3 is 0 Å². The molecule has 0 aliphatic heterocycles. The Morgan fingerprint density at radius 1 is 1.09 bits per heavy atom. The van der Waals surface area contributed by atoms with Gasteiger partial charge in [0, 0.05) is 6.61 Å². The third-order valence-electron chi connectivity index (χ3n) is 1.69. The minimum absolute atomic E-state index is 0.290. The second-order valence-electron chi connectivity index (χ2n) is 3.65. The van der Waals surface area contributed by atoms with Crippen LogP contribution in [0.3, 0.4) is 0 Å². The Morgan fingerprint density at radius 2 is 1.64 bits per heavy atom. The lowest BCUT2D eigenvalue weighted by Gasteiger charge is -2.09. The Bertz CT molecular complexity index is 88.6. The number of rotatable bonds is 6. The maximum absolute atomic E-state index is 11.2. The van der Waals surface area contributed by atoms with E-state index in [1.807, 2.05) is 13.1 Å². The van der Waals surface area contributed by atoms with Gasteiger partial charge in [-0.25, -0.2) is 0 Å². The van der Waals surface area contributed by atoms with Crippen LogP contribution in [0.5, 0.6) is 0 Å². The zero-order valence-corrected chi connectivity index (χ0v) is 8.60. The molecule has 0 saturated heterocycles. The van der Waals surface area contributed by atoms with Crippen molar-refractivity contribution in [1.29, 1.82) is 0 Å². The first-order valence-corrected chi connectivity index (χ1v) is 7.49. The van der Waals surface area contributed by atoms with Crippen LogP contribution in [0.25, 0.3) is 0 Å². The van der Waals surface area contributed by atoms with E-state index in [0.29, 0.717) is 0 Å². The highest BCUT2D eigenvalue weighted by molar-refractivity contribution is 6.69. The largest absolute Gasteiger partial charge is 0.396 e. The van der Waals surface area contributed by atoms with E-state index in [1.54, 1.807) is 0 Å². The summed E-state index contributed by atoms with van der Waals surface area (Å²) in [5, 5.41) is 8.47. The molecule has 1 N–H and O–H groups in total. The highest BCUT2D eigenvalue weighted by Gasteiger charge is 2.18. The fourth-order valence-corrected chi connectivity index (χ4v) is 2.12. The molecule has 0 bridgehead atoms. The summed E-state index contributed by atoms with van der Waals surface area (Å²) in [6, 6.07) is 0.887. The van der Waals surface area contributed by atoms with Gasteiger partial charge < -0.3 is 5.11 Å². The second-order valence-corrected chi connectivity index (χ2v) is 7.67. The molecule has 2 nitrogen and oxygen atoms in total. The molecule has 0 atom stereocenters. The molecule has 0 spiro atoms. The van der Waals surface area contributed by atoms with Gasteiger partial charge in [0.1, 0.15) is 0 Å². The van der Waals surface area contributed by atoms with Crippen LogP contribution in [0.1, 0.15) is 25.7 Å². The number of unbranched alkanes of at least 4 members (excludes halogenated alkanes) is 3. The monoisotopic (exact) mass is 175 g/mol. The Labute approximate surface area is 70.4 Å². The van der Waals surface area contributed by atoms with Crippen LogP contribution in [0, 0.1) is 0 Å². The lowest BCUT2D eigenvalue weighted by molar-refractivity contribution is 0.283. The van der Waals surface area contributed by atoms with Crippen molar-refractivity contribution in [1.82, 2.24) is 0 Å². The summed E-state index contributed by atoms with van der Waals surface area (Å²) in [4.78, 5) is 11.2. The summed E-state index contributed by atoms with van der Waals surface area (Å²) in [6.07, 6.45) is 4.13. The summed E-state index contributed by atoms with van der Waals surface area (Å²) < 4.78 is 0. The average molecular weight is 175 g/mol. The molecule has 0 saturated carbocycles. The minimum Gasteiger partial charge on any atom is -0.396 e. The lowest BCUT2D eigenvalue weighted by Crippen LogP contribution is -2.21. The van der Waals surface area contributed by atoms with Gasteiger partial charge in [0.25, 0.3) is 0 Å². The van der Waals surface area contributed by atoms with Gasteiger partial charge in [-0.15, -0.1) is 0 Å². The van der Waals surface area contributed by atoms with Crippen molar-refractivity contribution in [3.05, 3.63) is 0 Å². The second kappa shape index (κ2) is 5.74. The van der Waals surface area contributed by atoms with E-state index < -0.39 is 8.32 Å². The molecule has 67 valence electrons. The molecule has 0 aliphatic carbocycles. The fraction of sp³-hybridized carbons (Fsp3) is 1.00. The van der Waals surface area contributed by atoms with Crippen molar-refractivity contribution in [3.63, 3.8) is 0 Å². The van der Waals surface area contributed by atoms with E-state index in [-0.39, 0.29) is 6.61 Å². The summed E-state index contributed by atoms with van der Waals surface area (Å²) in [6.45, 7) is 4.01. The fourth-order valence-electron chi connectivity index (χ4n) is 1.02. The van der Waals surface area contributed by atoms with Crippen LogP contribution < -0.4 is 0 Å². The maximum atomic E-state index is 11.2. The molecule has 3 heteroatoms. The highest BCUT2D eigenvalue weighted by atomic mass is 28.4. The van der Waals surface area contributed by atoms with E-state index in [1.165, 1.54) is 0 Å². The van der Waals surface area contributed by atoms with E-state index in [9.17, 15) is 4.80 Å². The van der Waals surface area contributed by atoms with E-state index in [2.05, 4.69) is 0 Å². The Kier molecular flexibility index (Phi) is 5.82. The number of aliphatic hydroxyl groups excluding tert-OH is 1. The van der Waals surface area contributed by atoms with E-state index in [0.717, 1.165) is 31.7 Å². The Hall–Kier alpha value is 0.137. The SMILES string of the molecule is C[Si](C)([O])CCCCCCO. The standard InChI is InChI=1S/C8H19O2Si/c1-11(2,10)8-6-4-3-5-7-9/h9H,3-8H2,1-2H3. The van der Waals surface area contributed by atoms with Gasteiger partial charge in [-0.05, 0) is 25.6 Å². The van der Waals surface area contributed by atoms with Gasteiger partial charge in [0.2, 0.25) is 8.32 Å². The predicted octanol–water partition coefficient (Wildman–Crippen LogP) is 2.17. The molecule has 0 unspecified atom stereocenters. The van der Waals surface area contributed by atoms with Gasteiger partial charge in [-0.2, -0.15) is 0 Å². The molecule has 0 amide bonds. The topological polar surface area (TPSA) is 40.1 Å². The van der Waals surface area contributed by atoms with Crippen molar-refractivity contribution in [3.8, 4) is 0 Å². The van der Waals surface area contributed by atoms with Gasteiger partial charge in [0.15, 0.2) is 0 Å². The van der Waals surface area contributed by atoms with Crippen molar-refractivity contribution < 1.29 is 9.90 Å². The summed E-state index contributed by atoms with van der Waals surface area (Å²) in [5.41, 5.74) is 0. The van der Waals surface area contributed by atoms with E-state index in [4.69, 9.17) is 5.11 Å². The molecule has 1 radical (unpaired) electrons. The lowest BCUT2D eigenvalue weighted by atomic mass is 10.2. The van der Waals surface area contributed by atoms with Crippen molar-refractivity contribution in [2.75, 3.05) is 6.61 Å². The molecule has 0 aromatic carbocycles. The Morgan fingerprint density at radius 3 is 2.09 bits per heavy atom. The van der Waals surface area contributed by atoms with Crippen LogP contribution in [0.4, 0.5) is 0 Å². The van der Waals surface area contributed by atoms with Crippen LogP contribution in [0.2, 0.25) is 19.1 Å². The van der Waals surface area contributed by atoms with Crippen LogP contribution in [0.15, 0.2) is 0 Å². The van der Waals surface area contributed by atoms with Gasteiger partial charge in [-0.1, -0.05) is 19.3 Å². The third kappa shape index (κ3) is 10.1. The molecule has 0 aliphatic rings. The average Bonchev–Trinajstić information content (AvgIpc) is 1.85. The molecule has 0 aromatic rings. The predicted molar refractivity (Wildman–Crippen MR) is 48.5 cm³/mol. The molecule has 0 fully saturated rings. The van der Waals surface area contributed by atoms with Crippen molar-refractivity contribution in [2.24, 2.45) is 0 Å². The van der Waals surface area contributed by atoms with Crippen LogP contribution >= 0.6 is 0 Å². The van der Waals surface area contributed by atoms with Crippen LogP contribution in [-0.4, -0.2) is 20.0 Å². The molecule has 0 rings (SSSR count). The smallest absolute Gasteiger partial charge is 0.231 e. The molecular formula is C8H19O2Si. The summed E-state index contributed by atoms with van der Waals surface area (Å²) in [5.74, 6) is 0. The molecule has 11 heavy (non-hydrogen) atoms. The first kappa shape index (κ1) is 11.1. The zero-order valence-electron chi connectivity index (χ0n) is 7.60. The quantitative estimate of drug-likeness (QED) is 0.488. The maximum Gasteiger partial charge on any atom is 0.231 e. The number of hydrogen-bond donors (Lipinski definition) is 1. The van der Waals surface area contributed by atoms with Gasteiger partial charge in [-0.3, -0.25) is 4.80 Å². The highest BCUT2D eigenvalue weighted by Crippen LogP contribution is 2.12. The minimum atomic E-state index is -2.03. The van der Waals surface area contributed by atoms with Gasteiger partial charge in [0.05, 0.1) is 0 Å².